The Labute approximate surface area is 139 Å². The van der Waals surface area contributed by atoms with Crippen LogP contribution in [-0.4, -0.2) is 51.5 Å². The van der Waals surface area contributed by atoms with Gasteiger partial charge in [-0.2, -0.15) is 0 Å². The van der Waals surface area contributed by atoms with Crippen molar-refractivity contribution in [3.05, 3.63) is 34.6 Å². The van der Waals surface area contributed by atoms with E-state index in [9.17, 15) is 9.59 Å². The Morgan fingerprint density at radius 3 is 2.92 bits per heavy atom. The summed E-state index contributed by atoms with van der Waals surface area (Å²) in [6.07, 6.45) is 3.78. The summed E-state index contributed by atoms with van der Waals surface area (Å²) in [7, 11) is 0. The number of nitrogens with one attached hydrogen (secondary N) is 1. The number of nitrogens with zero attached hydrogens (tertiary/aromatic N) is 4. The number of hydrogen-bond donors (Lipinski definition) is 1. The number of hydrogen-bond acceptors (Lipinski definition) is 5. The second-order valence-corrected chi connectivity index (χ2v) is 6.75. The van der Waals surface area contributed by atoms with Gasteiger partial charge in [0, 0.05) is 19.1 Å². The second-order valence-electron chi connectivity index (χ2n) is 6.75. The van der Waals surface area contributed by atoms with Gasteiger partial charge in [-0.25, -0.2) is 4.68 Å². The second kappa shape index (κ2) is 6.32. The van der Waals surface area contributed by atoms with Gasteiger partial charge in [0.25, 0.3) is 5.56 Å². The quantitative estimate of drug-likeness (QED) is 0.859. The van der Waals surface area contributed by atoms with Crippen LogP contribution in [-0.2, 0) is 11.3 Å². The summed E-state index contributed by atoms with van der Waals surface area (Å²) in [5.74, 6) is 0.320. The van der Waals surface area contributed by atoms with Gasteiger partial charge in [0.2, 0.25) is 5.91 Å². The molecule has 1 saturated heterocycles. The van der Waals surface area contributed by atoms with Crippen LogP contribution in [0.5, 0.6) is 0 Å². The van der Waals surface area contributed by atoms with E-state index < -0.39 is 0 Å². The molecule has 1 aliphatic carbocycles. The first-order valence-electron chi connectivity index (χ1n) is 8.54. The number of rotatable bonds is 5. The highest BCUT2D eigenvalue weighted by Crippen LogP contribution is 2.31. The molecule has 1 N–H and O–H groups in total. The summed E-state index contributed by atoms with van der Waals surface area (Å²) in [5, 5.41) is 11.3. The summed E-state index contributed by atoms with van der Waals surface area (Å²) in [6, 6.07) is 7.81. The van der Waals surface area contributed by atoms with Gasteiger partial charge in [-0.05, 0) is 43.9 Å². The molecule has 0 spiro atoms. The smallest absolute Gasteiger partial charge is 0.278 e. The number of amides is 1. The molecule has 24 heavy (non-hydrogen) atoms. The molecule has 1 aliphatic heterocycles. The first-order valence-corrected chi connectivity index (χ1v) is 8.54. The van der Waals surface area contributed by atoms with E-state index in [4.69, 9.17) is 0 Å². The molecule has 1 atom stereocenters. The molecule has 2 fully saturated rings. The van der Waals surface area contributed by atoms with Crippen LogP contribution in [0, 0.1) is 5.92 Å². The molecular weight excluding hydrogens is 306 g/mol. The monoisotopic (exact) mass is 327 g/mol. The minimum absolute atomic E-state index is 0.0876. The van der Waals surface area contributed by atoms with Gasteiger partial charge in [-0.1, -0.05) is 17.3 Å². The van der Waals surface area contributed by atoms with Gasteiger partial charge in [0.1, 0.15) is 12.1 Å². The highest BCUT2D eigenvalue weighted by atomic mass is 16.2. The zero-order valence-corrected chi connectivity index (χ0v) is 13.5. The minimum Gasteiger partial charge on any atom is -0.354 e. The van der Waals surface area contributed by atoms with Crippen LogP contribution in [0.3, 0.4) is 0 Å². The molecular formula is C17H21N5O2. The van der Waals surface area contributed by atoms with Gasteiger partial charge in [-0.15, -0.1) is 5.10 Å². The Bertz CT molecular complexity index is 814. The fraction of sp³-hybridized carbons (Fsp3) is 0.529. The van der Waals surface area contributed by atoms with Crippen molar-refractivity contribution in [3.8, 4) is 0 Å². The van der Waals surface area contributed by atoms with Crippen molar-refractivity contribution in [2.24, 2.45) is 5.92 Å². The van der Waals surface area contributed by atoms with Crippen molar-refractivity contribution in [1.29, 1.82) is 0 Å². The maximum absolute atomic E-state index is 12.3. The Morgan fingerprint density at radius 1 is 1.25 bits per heavy atom. The van der Waals surface area contributed by atoms with Crippen molar-refractivity contribution in [1.82, 2.24) is 25.2 Å². The summed E-state index contributed by atoms with van der Waals surface area (Å²) in [6.45, 7) is 2.79. The van der Waals surface area contributed by atoms with Crippen LogP contribution in [0.25, 0.3) is 10.9 Å². The third kappa shape index (κ3) is 3.17. The Hall–Kier alpha value is -2.28. The van der Waals surface area contributed by atoms with E-state index in [1.807, 2.05) is 0 Å². The van der Waals surface area contributed by atoms with E-state index >= 15 is 0 Å². The number of aromatic nitrogens is 3. The summed E-state index contributed by atoms with van der Waals surface area (Å²) in [4.78, 5) is 27.0. The molecule has 1 amide bonds. The fourth-order valence-electron chi connectivity index (χ4n) is 3.38. The molecule has 0 radical (unpaired) electrons. The maximum atomic E-state index is 12.3. The molecule has 7 heteroatoms. The molecule has 7 nitrogen and oxygen atoms in total. The van der Waals surface area contributed by atoms with Crippen LogP contribution in [0.4, 0.5) is 0 Å². The van der Waals surface area contributed by atoms with Gasteiger partial charge in [0.05, 0.1) is 5.39 Å². The highest BCUT2D eigenvalue weighted by Gasteiger charge is 2.34. The number of carbonyl (C=O) groups excluding carboxylic acids is 1. The van der Waals surface area contributed by atoms with Crippen LogP contribution >= 0.6 is 0 Å². The lowest BCUT2D eigenvalue weighted by Crippen LogP contribution is -2.37. The standard InChI is InChI=1S/C17H21N5O2/c23-16(18-9-12-7-8-21(10-12)13-5-6-13)11-22-17(24)14-3-1-2-4-15(14)19-20-22/h1-4,12-13H,5-11H2,(H,18,23)/t12-/m0/s1. The van der Waals surface area contributed by atoms with Crippen molar-refractivity contribution in [3.63, 3.8) is 0 Å². The Kier molecular flexibility index (Phi) is 4.02. The van der Waals surface area contributed by atoms with E-state index in [2.05, 4.69) is 20.5 Å². The summed E-state index contributed by atoms with van der Waals surface area (Å²) >= 11 is 0. The number of likely N-dealkylation sites (tertiary alicyclic amines) is 1. The van der Waals surface area contributed by atoms with Crippen LogP contribution < -0.4 is 10.9 Å². The zero-order chi connectivity index (χ0) is 16.5. The lowest BCUT2D eigenvalue weighted by molar-refractivity contribution is -0.122. The third-order valence-corrected chi connectivity index (χ3v) is 4.89. The van der Waals surface area contributed by atoms with E-state index in [1.54, 1.807) is 24.3 Å². The van der Waals surface area contributed by atoms with E-state index in [-0.39, 0.29) is 18.0 Å². The number of benzene rings is 1. The first-order chi connectivity index (χ1) is 11.7. The molecule has 1 saturated carbocycles. The highest BCUT2D eigenvalue weighted by molar-refractivity contribution is 5.78. The van der Waals surface area contributed by atoms with E-state index in [0.29, 0.717) is 23.4 Å². The van der Waals surface area contributed by atoms with Crippen molar-refractivity contribution in [2.45, 2.75) is 31.8 Å². The molecule has 1 aromatic carbocycles. The molecule has 0 unspecified atom stereocenters. The number of carbonyl (C=O) groups is 1. The molecule has 1 aromatic heterocycles. The zero-order valence-electron chi connectivity index (χ0n) is 13.5. The SMILES string of the molecule is O=C(Cn1nnc2ccccc2c1=O)NC[C@@H]1CCN(C2CC2)C1. The van der Waals surface area contributed by atoms with E-state index in [1.165, 1.54) is 12.8 Å². The molecule has 2 heterocycles. The third-order valence-electron chi connectivity index (χ3n) is 4.89. The topological polar surface area (TPSA) is 80.1 Å². The van der Waals surface area contributed by atoms with Gasteiger partial charge < -0.3 is 10.2 Å². The summed E-state index contributed by atoms with van der Waals surface area (Å²) < 4.78 is 1.13. The maximum Gasteiger partial charge on any atom is 0.278 e. The summed E-state index contributed by atoms with van der Waals surface area (Å²) in [5.41, 5.74) is 0.266. The van der Waals surface area contributed by atoms with Gasteiger partial charge in [0.15, 0.2) is 0 Å². The lowest BCUT2D eigenvalue weighted by Gasteiger charge is -2.15. The largest absolute Gasteiger partial charge is 0.354 e. The van der Waals surface area contributed by atoms with Crippen molar-refractivity contribution < 1.29 is 4.79 Å². The molecule has 2 aliphatic rings. The average Bonchev–Trinajstić information content (AvgIpc) is 3.34. The van der Waals surface area contributed by atoms with Crippen molar-refractivity contribution >= 4 is 16.8 Å². The Morgan fingerprint density at radius 2 is 2.08 bits per heavy atom. The molecule has 126 valence electrons. The normalized spacial score (nSPS) is 21.2. The first kappa shape index (κ1) is 15.3. The van der Waals surface area contributed by atoms with Gasteiger partial charge in [-0.3, -0.25) is 9.59 Å². The van der Waals surface area contributed by atoms with Crippen LogP contribution in [0.2, 0.25) is 0 Å². The predicted molar refractivity (Wildman–Crippen MR) is 89.5 cm³/mol. The molecule has 2 aromatic rings. The average molecular weight is 327 g/mol. The van der Waals surface area contributed by atoms with Crippen LogP contribution in [0.15, 0.2) is 29.1 Å². The predicted octanol–water partition coefficient (Wildman–Crippen LogP) is 0.392. The minimum atomic E-state index is -0.281. The Balaban J connectivity index is 1.34. The molecule has 0 bridgehead atoms. The fourth-order valence-corrected chi connectivity index (χ4v) is 3.38. The van der Waals surface area contributed by atoms with Gasteiger partial charge >= 0.3 is 0 Å². The molecule has 4 rings (SSSR count). The van der Waals surface area contributed by atoms with Crippen molar-refractivity contribution in [2.75, 3.05) is 19.6 Å². The van der Waals surface area contributed by atoms with E-state index in [0.717, 1.165) is 30.2 Å². The number of fused-ring (bicyclic) bond motifs is 1. The lowest BCUT2D eigenvalue weighted by atomic mass is 10.1. The van der Waals surface area contributed by atoms with Crippen LogP contribution in [0.1, 0.15) is 19.3 Å².